The van der Waals surface area contributed by atoms with Crippen LogP contribution >= 0.6 is 0 Å². The van der Waals surface area contributed by atoms with Crippen LogP contribution in [0.3, 0.4) is 0 Å². The molecule has 102 valence electrons. The molecule has 0 fully saturated rings. The fourth-order valence-electron chi connectivity index (χ4n) is 1.61. The number of rotatable bonds is 4. The zero-order valence-electron chi connectivity index (χ0n) is 11.0. The van der Waals surface area contributed by atoms with Crippen LogP contribution in [-0.2, 0) is 16.5 Å². The van der Waals surface area contributed by atoms with Gasteiger partial charge >= 0.3 is 10.1 Å². The third kappa shape index (κ3) is 3.31. The van der Waals surface area contributed by atoms with Crippen LogP contribution in [0.1, 0.15) is 18.3 Å². The molecule has 19 heavy (non-hydrogen) atoms. The lowest BCUT2D eigenvalue weighted by molar-refractivity contribution is 0.470. The Morgan fingerprint density at radius 3 is 2.68 bits per heavy atom. The molecule has 6 nitrogen and oxygen atoms in total. The molecule has 2 heterocycles. The van der Waals surface area contributed by atoms with Crippen molar-refractivity contribution in [3.8, 4) is 11.7 Å². The molecular formula is C12H15N3O3S. The molecule has 0 atom stereocenters. The quantitative estimate of drug-likeness (QED) is 0.793. The van der Waals surface area contributed by atoms with Crippen molar-refractivity contribution in [1.82, 2.24) is 14.8 Å². The highest BCUT2D eigenvalue weighted by Gasteiger charge is 2.15. The summed E-state index contributed by atoms with van der Waals surface area (Å²) in [7, 11) is -3.60. The molecule has 0 radical (unpaired) electrons. The van der Waals surface area contributed by atoms with E-state index in [1.54, 1.807) is 12.1 Å². The van der Waals surface area contributed by atoms with Crippen LogP contribution in [0.5, 0.6) is 5.88 Å². The topological polar surface area (TPSA) is 74.1 Å². The first-order valence-electron chi connectivity index (χ1n) is 5.81. The van der Waals surface area contributed by atoms with E-state index in [1.807, 2.05) is 26.0 Å². The second-order valence-corrected chi connectivity index (χ2v) is 5.74. The molecule has 0 N–H and O–H groups in total. The Morgan fingerprint density at radius 1 is 1.37 bits per heavy atom. The van der Waals surface area contributed by atoms with Gasteiger partial charge in [0.15, 0.2) is 5.82 Å². The molecule has 0 aliphatic carbocycles. The van der Waals surface area contributed by atoms with Crippen molar-refractivity contribution < 1.29 is 12.6 Å². The van der Waals surface area contributed by atoms with Crippen LogP contribution in [0.2, 0.25) is 0 Å². The number of pyridine rings is 1. The van der Waals surface area contributed by atoms with Crippen molar-refractivity contribution in [3.05, 3.63) is 35.7 Å². The van der Waals surface area contributed by atoms with Crippen molar-refractivity contribution in [3.63, 3.8) is 0 Å². The standard InChI is InChI=1S/C12H15N3O3S/c1-4-10-8-12(18-19(3,16)17)15(14-10)11-7-5-6-9(2)13-11/h5-8H,4H2,1-3H3. The number of aromatic nitrogens is 3. The summed E-state index contributed by atoms with van der Waals surface area (Å²) in [4.78, 5) is 4.31. The van der Waals surface area contributed by atoms with Crippen LogP contribution < -0.4 is 4.18 Å². The van der Waals surface area contributed by atoms with Gasteiger partial charge in [-0.25, -0.2) is 4.98 Å². The van der Waals surface area contributed by atoms with E-state index < -0.39 is 10.1 Å². The lowest BCUT2D eigenvalue weighted by Gasteiger charge is -2.06. The smallest absolute Gasteiger partial charge is 0.307 e. The van der Waals surface area contributed by atoms with Crippen molar-refractivity contribution in [2.45, 2.75) is 20.3 Å². The summed E-state index contributed by atoms with van der Waals surface area (Å²) < 4.78 is 28.9. The molecule has 0 saturated heterocycles. The van der Waals surface area contributed by atoms with Crippen LogP contribution in [0, 0.1) is 6.92 Å². The van der Waals surface area contributed by atoms with Gasteiger partial charge < -0.3 is 4.18 Å². The third-order valence-electron chi connectivity index (χ3n) is 2.42. The zero-order chi connectivity index (χ0) is 14.0. The predicted octanol–water partition coefficient (Wildman–Crippen LogP) is 1.48. The van der Waals surface area contributed by atoms with Gasteiger partial charge in [-0.3, -0.25) is 0 Å². The van der Waals surface area contributed by atoms with Crippen LogP contribution in [-0.4, -0.2) is 29.4 Å². The summed E-state index contributed by atoms with van der Waals surface area (Å²) in [5.41, 5.74) is 1.55. The van der Waals surface area contributed by atoms with Crippen molar-refractivity contribution >= 4 is 10.1 Å². The molecule has 0 aliphatic rings. The van der Waals surface area contributed by atoms with Crippen molar-refractivity contribution in [2.24, 2.45) is 0 Å². The average Bonchev–Trinajstić information content (AvgIpc) is 2.70. The molecule has 0 spiro atoms. The van der Waals surface area contributed by atoms with Gasteiger partial charge in [0.1, 0.15) is 0 Å². The Hall–Kier alpha value is -1.89. The molecule has 2 aromatic heterocycles. The van der Waals surface area contributed by atoms with Crippen molar-refractivity contribution in [1.29, 1.82) is 0 Å². The Labute approximate surface area is 112 Å². The average molecular weight is 281 g/mol. The summed E-state index contributed by atoms with van der Waals surface area (Å²) in [5.74, 6) is 0.677. The fraction of sp³-hybridized carbons (Fsp3) is 0.333. The summed E-state index contributed by atoms with van der Waals surface area (Å²) in [5, 5.41) is 4.29. The summed E-state index contributed by atoms with van der Waals surface area (Å²) in [6.45, 7) is 3.78. The molecule has 0 amide bonds. The SMILES string of the molecule is CCc1cc(OS(C)(=O)=O)n(-c2cccc(C)n2)n1. The normalized spacial score (nSPS) is 11.5. The number of hydrogen-bond donors (Lipinski definition) is 0. The molecule has 0 saturated carbocycles. The van der Waals surface area contributed by atoms with Gasteiger partial charge in [0.25, 0.3) is 0 Å². The Kier molecular flexibility index (Phi) is 3.57. The molecule has 0 unspecified atom stereocenters. The first kappa shape index (κ1) is 13.5. The van der Waals surface area contributed by atoms with E-state index in [0.717, 1.165) is 17.6 Å². The second kappa shape index (κ2) is 5.00. The maximum atomic E-state index is 11.3. The zero-order valence-corrected chi connectivity index (χ0v) is 11.8. The van der Waals surface area contributed by atoms with Gasteiger partial charge in [-0.1, -0.05) is 13.0 Å². The molecular weight excluding hydrogens is 266 g/mol. The monoisotopic (exact) mass is 281 g/mol. The van der Waals surface area contributed by atoms with Crippen LogP contribution in [0.15, 0.2) is 24.3 Å². The van der Waals surface area contributed by atoms with Gasteiger partial charge in [-0.15, -0.1) is 0 Å². The van der Waals surface area contributed by atoms with Gasteiger partial charge in [-0.05, 0) is 25.5 Å². The van der Waals surface area contributed by atoms with Crippen LogP contribution in [0.4, 0.5) is 0 Å². The van der Waals surface area contributed by atoms with E-state index in [-0.39, 0.29) is 5.88 Å². The molecule has 2 aromatic rings. The fourth-order valence-corrected chi connectivity index (χ4v) is 2.04. The number of nitrogens with zero attached hydrogens (tertiary/aromatic N) is 3. The van der Waals surface area contributed by atoms with Crippen LogP contribution in [0.25, 0.3) is 5.82 Å². The highest BCUT2D eigenvalue weighted by molar-refractivity contribution is 7.86. The Morgan fingerprint density at radius 2 is 2.11 bits per heavy atom. The van der Waals surface area contributed by atoms with Gasteiger partial charge in [-0.2, -0.15) is 18.2 Å². The van der Waals surface area contributed by atoms with Gasteiger partial charge in [0.2, 0.25) is 5.88 Å². The van der Waals surface area contributed by atoms with E-state index in [1.165, 1.54) is 4.68 Å². The summed E-state index contributed by atoms with van der Waals surface area (Å²) in [6, 6.07) is 7.03. The number of hydrogen-bond acceptors (Lipinski definition) is 5. The van der Waals surface area contributed by atoms with E-state index >= 15 is 0 Å². The lowest BCUT2D eigenvalue weighted by atomic mass is 10.3. The van der Waals surface area contributed by atoms with E-state index in [4.69, 9.17) is 4.18 Å². The molecule has 0 aliphatic heterocycles. The second-order valence-electron chi connectivity index (χ2n) is 4.16. The first-order valence-corrected chi connectivity index (χ1v) is 7.63. The van der Waals surface area contributed by atoms with Crippen molar-refractivity contribution in [2.75, 3.05) is 6.26 Å². The Bertz CT molecular complexity index is 692. The largest absolute Gasteiger partial charge is 0.362 e. The van der Waals surface area contributed by atoms with Gasteiger partial charge in [0, 0.05) is 11.8 Å². The van der Waals surface area contributed by atoms with E-state index in [9.17, 15) is 8.42 Å². The highest BCUT2D eigenvalue weighted by Crippen LogP contribution is 2.20. The lowest BCUT2D eigenvalue weighted by Crippen LogP contribution is -2.10. The minimum atomic E-state index is -3.60. The summed E-state index contributed by atoms with van der Waals surface area (Å²) >= 11 is 0. The minimum absolute atomic E-state index is 0.150. The minimum Gasteiger partial charge on any atom is -0.362 e. The Balaban J connectivity index is 2.52. The predicted molar refractivity (Wildman–Crippen MR) is 70.9 cm³/mol. The first-order chi connectivity index (χ1) is 8.89. The maximum absolute atomic E-state index is 11.3. The van der Waals surface area contributed by atoms with Gasteiger partial charge in [0.05, 0.1) is 11.9 Å². The molecule has 0 aromatic carbocycles. The molecule has 2 rings (SSSR count). The maximum Gasteiger partial charge on any atom is 0.307 e. The molecule has 0 bridgehead atoms. The van der Waals surface area contributed by atoms with E-state index in [0.29, 0.717) is 12.2 Å². The number of aryl methyl sites for hydroxylation is 2. The third-order valence-corrected chi connectivity index (χ3v) is 2.89. The summed E-state index contributed by atoms with van der Waals surface area (Å²) in [6.07, 6.45) is 1.68. The molecule has 7 heteroatoms. The highest BCUT2D eigenvalue weighted by atomic mass is 32.2. The van der Waals surface area contributed by atoms with E-state index in [2.05, 4.69) is 10.1 Å².